The van der Waals surface area contributed by atoms with Crippen molar-refractivity contribution >= 4 is 11.4 Å². The van der Waals surface area contributed by atoms with Crippen LogP contribution in [0.5, 0.6) is 5.75 Å². The van der Waals surface area contributed by atoms with Crippen molar-refractivity contribution in [3.63, 3.8) is 0 Å². The zero-order chi connectivity index (χ0) is 14.8. The third-order valence-electron chi connectivity index (χ3n) is 3.00. The lowest BCUT2D eigenvalue weighted by atomic mass is 10.2. The molecule has 0 aliphatic carbocycles. The summed E-state index contributed by atoms with van der Waals surface area (Å²) >= 11 is 0. The minimum atomic E-state index is 0.644. The second kappa shape index (κ2) is 9.44. The van der Waals surface area contributed by atoms with Gasteiger partial charge in [-0.05, 0) is 26.0 Å². The highest BCUT2D eigenvalue weighted by Gasteiger charge is 2.09. The highest BCUT2D eigenvalue weighted by molar-refractivity contribution is 5.62. The molecule has 1 aromatic rings. The Morgan fingerprint density at radius 1 is 1.05 bits per heavy atom. The molecule has 114 valence electrons. The Hall–Kier alpha value is -1.46. The smallest absolute Gasteiger partial charge is 0.143 e. The summed E-state index contributed by atoms with van der Waals surface area (Å²) in [5.74, 6) is 0.695. The monoisotopic (exact) mass is 282 g/mol. The molecule has 0 aliphatic heterocycles. The third-order valence-corrected chi connectivity index (χ3v) is 3.00. The van der Waals surface area contributed by atoms with Crippen LogP contribution in [-0.4, -0.2) is 46.6 Å². The minimum absolute atomic E-state index is 0.644. The Kier molecular flexibility index (Phi) is 7.84. The van der Waals surface area contributed by atoms with Crippen LogP contribution in [0.15, 0.2) is 18.2 Å². The zero-order valence-electron chi connectivity index (χ0n) is 12.7. The average Bonchev–Trinajstić information content (AvgIpc) is 2.47. The number of benzene rings is 1. The highest BCUT2D eigenvalue weighted by Crippen LogP contribution is 2.27. The number of rotatable bonds is 10. The first-order chi connectivity index (χ1) is 9.72. The predicted molar refractivity (Wildman–Crippen MR) is 82.6 cm³/mol. The first-order valence-corrected chi connectivity index (χ1v) is 7.06. The largest absolute Gasteiger partial charge is 0.495 e. The summed E-state index contributed by atoms with van der Waals surface area (Å²) in [4.78, 5) is 2.22. The number of nitrogens with two attached hydrogens (primary N) is 1. The molecule has 0 bridgehead atoms. The fourth-order valence-electron chi connectivity index (χ4n) is 1.90. The van der Waals surface area contributed by atoms with E-state index in [1.54, 1.807) is 7.11 Å². The van der Waals surface area contributed by atoms with Gasteiger partial charge < -0.3 is 24.8 Å². The van der Waals surface area contributed by atoms with Crippen molar-refractivity contribution in [1.82, 2.24) is 0 Å². The van der Waals surface area contributed by atoms with Crippen molar-refractivity contribution in [1.29, 1.82) is 0 Å². The molecule has 2 N–H and O–H groups in total. The normalized spacial score (nSPS) is 10.6. The van der Waals surface area contributed by atoms with E-state index < -0.39 is 0 Å². The molecular formula is C15H26N2O3. The maximum Gasteiger partial charge on any atom is 0.143 e. The lowest BCUT2D eigenvalue weighted by molar-refractivity contribution is 0.141. The van der Waals surface area contributed by atoms with Gasteiger partial charge in [0, 0.05) is 38.1 Å². The van der Waals surface area contributed by atoms with E-state index in [1.807, 2.05) is 32.0 Å². The van der Waals surface area contributed by atoms with Crippen LogP contribution in [0.4, 0.5) is 11.4 Å². The molecule has 0 saturated heterocycles. The summed E-state index contributed by atoms with van der Waals surface area (Å²) in [5.41, 5.74) is 7.56. The number of hydrogen-bond acceptors (Lipinski definition) is 5. The van der Waals surface area contributed by atoms with Crippen molar-refractivity contribution in [3.05, 3.63) is 18.2 Å². The van der Waals surface area contributed by atoms with Crippen LogP contribution in [0.1, 0.15) is 13.8 Å². The predicted octanol–water partition coefficient (Wildman–Crippen LogP) is 2.16. The van der Waals surface area contributed by atoms with Gasteiger partial charge in [-0.1, -0.05) is 0 Å². The topological polar surface area (TPSA) is 57.0 Å². The second-order valence-corrected chi connectivity index (χ2v) is 4.31. The molecule has 0 heterocycles. The molecule has 0 atom stereocenters. The van der Waals surface area contributed by atoms with Gasteiger partial charge >= 0.3 is 0 Å². The van der Waals surface area contributed by atoms with E-state index in [1.165, 1.54) is 0 Å². The first kappa shape index (κ1) is 16.6. The number of anilines is 2. The Labute approximate surface area is 121 Å². The maximum atomic E-state index is 5.85. The molecule has 0 aromatic heterocycles. The van der Waals surface area contributed by atoms with Gasteiger partial charge in [0.05, 0.1) is 26.0 Å². The van der Waals surface area contributed by atoms with Gasteiger partial charge in [-0.15, -0.1) is 0 Å². The molecular weight excluding hydrogens is 256 g/mol. The summed E-state index contributed by atoms with van der Waals surface area (Å²) < 4.78 is 16.1. The molecule has 0 amide bonds. The van der Waals surface area contributed by atoms with E-state index in [-0.39, 0.29) is 0 Å². The van der Waals surface area contributed by atoms with Gasteiger partial charge in [0.25, 0.3) is 0 Å². The minimum Gasteiger partial charge on any atom is -0.495 e. The van der Waals surface area contributed by atoms with Crippen molar-refractivity contribution in [2.45, 2.75) is 13.8 Å². The second-order valence-electron chi connectivity index (χ2n) is 4.31. The van der Waals surface area contributed by atoms with Crippen LogP contribution in [0.3, 0.4) is 0 Å². The summed E-state index contributed by atoms with van der Waals surface area (Å²) in [6.45, 7) is 8.45. The lowest BCUT2D eigenvalue weighted by Crippen LogP contribution is -2.31. The van der Waals surface area contributed by atoms with E-state index in [0.717, 1.165) is 32.0 Å². The average molecular weight is 282 g/mol. The molecule has 1 aromatic carbocycles. The lowest BCUT2D eigenvalue weighted by Gasteiger charge is -2.25. The maximum absolute atomic E-state index is 5.85. The Morgan fingerprint density at radius 3 is 2.15 bits per heavy atom. The van der Waals surface area contributed by atoms with Crippen molar-refractivity contribution in [2.24, 2.45) is 0 Å². The number of nitrogen functional groups attached to an aromatic ring is 1. The third kappa shape index (κ3) is 5.27. The summed E-state index contributed by atoms with van der Waals surface area (Å²) in [6.07, 6.45) is 0. The highest BCUT2D eigenvalue weighted by atomic mass is 16.5. The Morgan fingerprint density at radius 2 is 1.65 bits per heavy atom. The van der Waals surface area contributed by atoms with E-state index >= 15 is 0 Å². The molecule has 5 heteroatoms. The molecule has 0 unspecified atom stereocenters. The molecule has 0 saturated carbocycles. The van der Waals surface area contributed by atoms with Crippen molar-refractivity contribution in [2.75, 3.05) is 57.3 Å². The van der Waals surface area contributed by atoms with Crippen LogP contribution in [-0.2, 0) is 9.47 Å². The van der Waals surface area contributed by atoms with E-state index in [4.69, 9.17) is 19.9 Å². The number of methoxy groups -OCH3 is 1. The van der Waals surface area contributed by atoms with Gasteiger partial charge in [0.15, 0.2) is 0 Å². The van der Waals surface area contributed by atoms with Crippen molar-refractivity contribution < 1.29 is 14.2 Å². The molecule has 0 radical (unpaired) electrons. The van der Waals surface area contributed by atoms with Crippen LogP contribution in [0.2, 0.25) is 0 Å². The first-order valence-electron chi connectivity index (χ1n) is 7.06. The van der Waals surface area contributed by atoms with Gasteiger partial charge in [-0.3, -0.25) is 0 Å². The molecule has 0 spiro atoms. The van der Waals surface area contributed by atoms with Gasteiger partial charge in [-0.25, -0.2) is 0 Å². The summed E-state index contributed by atoms with van der Waals surface area (Å²) in [5, 5.41) is 0. The molecule has 20 heavy (non-hydrogen) atoms. The number of ether oxygens (including phenoxy) is 3. The van der Waals surface area contributed by atoms with Gasteiger partial charge in [0.1, 0.15) is 5.75 Å². The number of nitrogens with zero attached hydrogens (tertiary/aromatic N) is 1. The van der Waals surface area contributed by atoms with Crippen LogP contribution < -0.4 is 15.4 Å². The summed E-state index contributed by atoms with van der Waals surface area (Å²) in [7, 11) is 1.63. The van der Waals surface area contributed by atoms with E-state index in [9.17, 15) is 0 Å². The van der Waals surface area contributed by atoms with Crippen LogP contribution in [0.25, 0.3) is 0 Å². The quantitative estimate of drug-likeness (QED) is 0.526. The van der Waals surface area contributed by atoms with Crippen LogP contribution >= 0.6 is 0 Å². The number of hydrogen-bond donors (Lipinski definition) is 1. The molecule has 0 aliphatic rings. The fourth-order valence-corrected chi connectivity index (χ4v) is 1.90. The standard InChI is InChI=1S/C15H26N2O3/c1-4-19-10-8-17(9-11-20-5-2)13-6-7-14(16)15(12-13)18-3/h6-7,12H,4-5,8-11,16H2,1-3H3. The van der Waals surface area contributed by atoms with Crippen LogP contribution in [0, 0.1) is 0 Å². The van der Waals surface area contributed by atoms with Crippen molar-refractivity contribution in [3.8, 4) is 5.75 Å². The SMILES string of the molecule is CCOCCN(CCOCC)c1ccc(N)c(OC)c1. The Balaban J connectivity index is 2.73. The summed E-state index contributed by atoms with van der Waals surface area (Å²) in [6, 6.07) is 5.81. The molecule has 1 rings (SSSR count). The fraction of sp³-hybridized carbons (Fsp3) is 0.600. The molecule has 5 nitrogen and oxygen atoms in total. The van der Waals surface area contributed by atoms with Gasteiger partial charge in [-0.2, -0.15) is 0 Å². The van der Waals surface area contributed by atoms with E-state index in [0.29, 0.717) is 24.7 Å². The van der Waals surface area contributed by atoms with E-state index in [2.05, 4.69) is 4.90 Å². The van der Waals surface area contributed by atoms with Gasteiger partial charge in [0.2, 0.25) is 0 Å². The zero-order valence-corrected chi connectivity index (χ0v) is 12.7. The Bertz CT molecular complexity index is 375. The molecule has 0 fully saturated rings.